The summed E-state index contributed by atoms with van der Waals surface area (Å²) >= 11 is 0. The summed E-state index contributed by atoms with van der Waals surface area (Å²) in [6.45, 7) is 5.53. The highest BCUT2D eigenvalue weighted by Crippen LogP contribution is 2.41. The number of cyclic esters (lactones) is 1. The first-order valence-corrected chi connectivity index (χ1v) is 17.0. The SMILES string of the molecule is CCC1(CC)OC(=O)c2cc3cc(NC(=O)[C@@H]4[C@H](N5CCCCC5)CCN4C(=O)C4CCC([C@@H](CF)NC(=O)O)CC4)ccc3n21. The van der Waals surface area contributed by atoms with Gasteiger partial charge in [0.25, 0.3) is 0 Å². The molecule has 3 fully saturated rings. The normalized spacial score (nSPS) is 26.8. The molecular formula is C34H46FN5O6. The average Bonchev–Trinajstić information content (AvgIpc) is 3.76. The summed E-state index contributed by atoms with van der Waals surface area (Å²) in [6.07, 6.45) is 6.24. The van der Waals surface area contributed by atoms with Crippen molar-refractivity contribution in [2.75, 3.05) is 31.6 Å². The average molecular weight is 640 g/mol. The summed E-state index contributed by atoms with van der Waals surface area (Å²) in [4.78, 5) is 56.1. The summed E-state index contributed by atoms with van der Waals surface area (Å²) in [5.41, 5.74) is 1.26. The zero-order chi connectivity index (χ0) is 32.6. The van der Waals surface area contributed by atoms with Crippen LogP contribution in [0.5, 0.6) is 0 Å². The second-order valence-corrected chi connectivity index (χ2v) is 13.4. The molecule has 1 saturated carbocycles. The number of nitrogens with one attached hydrogen (secondary N) is 2. The molecule has 0 radical (unpaired) electrons. The first-order valence-electron chi connectivity index (χ1n) is 17.0. The number of alkyl halides is 1. The van der Waals surface area contributed by atoms with Crippen LogP contribution < -0.4 is 10.6 Å². The lowest BCUT2D eigenvalue weighted by Crippen LogP contribution is -2.55. The van der Waals surface area contributed by atoms with Crippen molar-refractivity contribution in [3.05, 3.63) is 30.0 Å². The maximum Gasteiger partial charge on any atom is 0.404 e. The quantitative estimate of drug-likeness (QED) is 0.326. The first-order chi connectivity index (χ1) is 22.2. The minimum absolute atomic E-state index is 0.0469. The standard InChI is InChI=1S/C34H46FN5O6/c1-3-34(4-2)40-26-13-12-24(18-23(26)19-28(40)32(43)46-34)36-30(41)29-27(38-15-6-5-7-16-38)14-17-39(29)31(42)22-10-8-21(9-11-22)25(20-35)37-33(44)45/h12-13,18-19,21-22,25,27,29,37H,3-11,14-17,20H2,1-2H3,(H,36,41)(H,44,45)/t21?,22?,25-,27-,29+/m1/s1. The summed E-state index contributed by atoms with van der Waals surface area (Å²) in [7, 11) is 0. The van der Waals surface area contributed by atoms with Crippen LogP contribution in [-0.4, -0.2) is 87.8 Å². The maximum absolute atomic E-state index is 14.2. The van der Waals surface area contributed by atoms with Crippen LogP contribution in [0.15, 0.2) is 24.3 Å². The van der Waals surface area contributed by atoms with Gasteiger partial charge in [-0.2, -0.15) is 0 Å². The molecule has 12 heteroatoms. The molecule has 4 aliphatic rings. The molecule has 2 saturated heterocycles. The molecule has 3 amide bonds. The minimum atomic E-state index is -1.24. The fourth-order valence-electron chi connectivity index (χ4n) is 8.50. The number of anilines is 1. The van der Waals surface area contributed by atoms with Crippen molar-refractivity contribution >= 4 is 40.5 Å². The van der Waals surface area contributed by atoms with Gasteiger partial charge in [0.2, 0.25) is 11.8 Å². The fourth-order valence-corrected chi connectivity index (χ4v) is 8.50. The Balaban J connectivity index is 1.21. The van der Waals surface area contributed by atoms with Crippen molar-refractivity contribution in [2.24, 2.45) is 11.8 Å². The number of halogens is 1. The fraction of sp³-hybridized carbons (Fsp3) is 0.647. The number of hydrogen-bond acceptors (Lipinski definition) is 6. The van der Waals surface area contributed by atoms with E-state index in [1.54, 1.807) is 4.90 Å². The van der Waals surface area contributed by atoms with Crippen LogP contribution in [0.25, 0.3) is 10.9 Å². The van der Waals surface area contributed by atoms with Crippen molar-refractivity contribution in [1.82, 2.24) is 19.7 Å². The van der Waals surface area contributed by atoms with Crippen LogP contribution >= 0.6 is 0 Å². The molecular weight excluding hydrogens is 593 g/mol. The number of ether oxygens (including phenoxy) is 1. The molecule has 6 rings (SSSR count). The van der Waals surface area contributed by atoms with E-state index in [1.165, 1.54) is 0 Å². The lowest BCUT2D eigenvalue weighted by Gasteiger charge is -2.38. The number of amides is 3. The minimum Gasteiger partial charge on any atom is -0.465 e. The number of piperidine rings is 1. The molecule has 3 N–H and O–H groups in total. The monoisotopic (exact) mass is 639 g/mol. The third-order valence-corrected chi connectivity index (χ3v) is 11.0. The third kappa shape index (κ3) is 5.84. The number of nitrogens with zero attached hydrogens (tertiary/aromatic N) is 3. The van der Waals surface area contributed by atoms with E-state index in [0.29, 0.717) is 56.5 Å². The van der Waals surface area contributed by atoms with Crippen molar-refractivity contribution in [1.29, 1.82) is 0 Å². The van der Waals surface area contributed by atoms with Gasteiger partial charge < -0.3 is 25.4 Å². The van der Waals surface area contributed by atoms with Gasteiger partial charge in [-0.3, -0.25) is 19.1 Å². The van der Waals surface area contributed by atoms with Crippen LogP contribution in [0.4, 0.5) is 14.9 Å². The Labute approximate surface area is 268 Å². The van der Waals surface area contributed by atoms with E-state index in [0.717, 1.165) is 49.7 Å². The van der Waals surface area contributed by atoms with E-state index < -0.39 is 30.6 Å². The number of esters is 1. The number of carboxylic acid groups (broad SMARTS) is 1. The van der Waals surface area contributed by atoms with Crippen molar-refractivity contribution < 1.29 is 33.4 Å². The molecule has 3 atom stereocenters. The zero-order valence-corrected chi connectivity index (χ0v) is 26.8. The van der Waals surface area contributed by atoms with Crippen LogP contribution in [0, 0.1) is 11.8 Å². The van der Waals surface area contributed by atoms with Gasteiger partial charge >= 0.3 is 12.1 Å². The van der Waals surface area contributed by atoms with Crippen molar-refractivity contribution in [3.63, 3.8) is 0 Å². The van der Waals surface area contributed by atoms with E-state index in [4.69, 9.17) is 9.84 Å². The number of rotatable bonds is 9. The number of carbonyl (C=O) groups is 4. The first kappa shape index (κ1) is 32.3. The molecule has 0 spiro atoms. The van der Waals surface area contributed by atoms with Crippen molar-refractivity contribution in [2.45, 2.75) is 102 Å². The molecule has 4 heterocycles. The van der Waals surface area contributed by atoms with Crippen LogP contribution in [0.1, 0.15) is 88.5 Å². The molecule has 1 aromatic heterocycles. The van der Waals surface area contributed by atoms with Crippen LogP contribution in [0.3, 0.4) is 0 Å². The predicted octanol–water partition coefficient (Wildman–Crippen LogP) is 5.09. The molecule has 0 unspecified atom stereocenters. The van der Waals surface area contributed by atoms with E-state index in [-0.39, 0.29) is 35.7 Å². The van der Waals surface area contributed by atoms with Crippen molar-refractivity contribution in [3.8, 4) is 0 Å². The zero-order valence-electron chi connectivity index (χ0n) is 26.8. The lowest BCUT2D eigenvalue weighted by molar-refractivity contribution is -0.142. The highest BCUT2D eigenvalue weighted by atomic mass is 19.1. The smallest absolute Gasteiger partial charge is 0.404 e. The number of hydrogen-bond donors (Lipinski definition) is 3. The summed E-state index contributed by atoms with van der Waals surface area (Å²) < 4.78 is 21.3. The topological polar surface area (TPSA) is 133 Å². The predicted molar refractivity (Wildman–Crippen MR) is 170 cm³/mol. The third-order valence-electron chi connectivity index (χ3n) is 11.0. The Morgan fingerprint density at radius 1 is 1.02 bits per heavy atom. The largest absolute Gasteiger partial charge is 0.465 e. The van der Waals surface area contributed by atoms with Gasteiger partial charge in [-0.25, -0.2) is 14.0 Å². The van der Waals surface area contributed by atoms with Gasteiger partial charge in [0.15, 0.2) is 5.72 Å². The van der Waals surface area contributed by atoms with Gasteiger partial charge in [-0.15, -0.1) is 0 Å². The highest BCUT2D eigenvalue weighted by Gasteiger charge is 2.47. The summed E-state index contributed by atoms with van der Waals surface area (Å²) in [5.74, 6) is -1.05. The van der Waals surface area contributed by atoms with Gasteiger partial charge in [-0.1, -0.05) is 20.3 Å². The number of aromatic nitrogens is 1. The van der Waals surface area contributed by atoms with Crippen LogP contribution in [0.2, 0.25) is 0 Å². The Hall–Kier alpha value is -3.67. The second-order valence-electron chi connectivity index (χ2n) is 13.4. The maximum atomic E-state index is 14.2. The number of likely N-dealkylation sites (tertiary alicyclic amines) is 2. The Kier molecular flexibility index (Phi) is 9.27. The van der Waals surface area contributed by atoms with Gasteiger partial charge in [0.1, 0.15) is 18.4 Å². The lowest BCUT2D eigenvalue weighted by atomic mass is 9.78. The van der Waals surface area contributed by atoms with E-state index in [1.807, 2.05) is 42.7 Å². The number of carbonyl (C=O) groups excluding carboxylic acids is 3. The molecule has 1 aliphatic carbocycles. The number of benzene rings is 1. The van der Waals surface area contributed by atoms with Gasteiger partial charge in [0, 0.05) is 42.4 Å². The molecule has 2 aromatic rings. The van der Waals surface area contributed by atoms with Gasteiger partial charge in [0.05, 0.1) is 11.6 Å². The molecule has 3 aliphatic heterocycles. The molecule has 11 nitrogen and oxygen atoms in total. The number of fused-ring (bicyclic) bond motifs is 3. The second kappa shape index (κ2) is 13.2. The Morgan fingerprint density at radius 3 is 2.39 bits per heavy atom. The van der Waals surface area contributed by atoms with E-state index >= 15 is 0 Å². The Bertz CT molecular complexity index is 1480. The van der Waals surface area contributed by atoms with E-state index in [2.05, 4.69) is 15.5 Å². The Morgan fingerprint density at radius 2 is 1.74 bits per heavy atom. The summed E-state index contributed by atoms with van der Waals surface area (Å²) in [5, 5.41) is 15.3. The van der Waals surface area contributed by atoms with E-state index in [9.17, 15) is 23.6 Å². The molecule has 0 bridgehead atoms. The summed E-state index contributed by atoms with van der Waals surface area (Å²) in [6, 6.07) is 5.96. The molecule has 250 valence electrons. The van der Waals surface area contributed by atoms with Gasteiger partial charge in [-0.05, 0) is 88.2 Å². The highest BCUT2D eigenvalue weighted by molar-refractivity contribution is 6.02. The molecule has 46 heavy (non-hydrogen) atoms. The molecule has 1 aromatic carbocycles. The van der Waals surface area contributed by atoms with Crippen LogP contribution in [-0.2, 0) is 20.1 Å².